The van der Waals surface area contributed by atoms with E-state index in [1.54, 1.807) is 11.3 Å². The first-order valence-corrected chi connectivity index (χ1v) is 6.55. The summed E-state index contributed by atoms with van der Waals surface area (Å²) in [5.74, 6) is 0. The van der Waals surface area contributed by atoms with E-state index in [-0.39, 0.29) is 0 Å². The number of nitrogens with one attached hydrogen (secondary N) is 1. The van der Waals surface area contributed by atoms with E-state index in [2.05, 4.69) is 45.4 Å². The standard InChI is InChI=1S/C12H17N3S/c1-2-13-7-5-3-4-6-11-10-15-8-9-16-12(15)14-11/h3-4,8-10,13H,2,5-7H2,1H3/b4-3+. The second-order valence-electron chi connectivity index (χ2n) is 3.64. The highest BCUT2D eigenvalue weighted by Crippen LogP contribution is 2.11. The normalized spacial score (nSPS) is 11.8. The van der Waals surface area contributed by atoms with Gasteiger partial charge in [-0.05, 0) is 19.5 Å². The molecule has 0 atom stereocenters. The van der Waals surface area contributed by atoms with Crippen LogP contribution in [0.25, 0.3) is 4.96 Å². The second kappa shape index (κ2) is 5.82. The number of allylic oxidation sites excluding steroid dienone is 1. The average molecular weight is 235 g/mol. The van der Waals surface area contributed by atoms with Crippen LogP contribution in [-0.2, 0) is 6.42 Å². The molecule has 0 aromatic carbocycles. The van der Waals surface area contributed by atoms with Crippen molar-refractivity contribution in [3.8, 4) is 0 Å². The van der Waals surface area contributed by atoms with Crippen molar-refractivity contribution in [3.05, 3.63) is 35.6 Å². The maximum absolute atomic E-state index is 4.52. The molecule has 16 heavy (non-hydrogen) atoms. The lowest BCUT2D eigenvalue weighted by molar-refractivity contribution is 0.726. The molecule has 0 saturated heterocycles. The molecule has 0 fully saturated rings. The lowest BCUT2D eigenvalue weighted by atomic mass is 10.3. The molecule has 0 radical (unpaired) electrons. The van der Waals surface area contributed by atoms with Crippen LogP contribution in [0.1, 0.15) is 19.0 Å². The van der Waals surface area contributed by atoms with Crippen molar-refractivity contribution in [1.29, 1.82) is 0 Å². The van der Waals surface area contributed by atoms with Gasteiger partial charge in [0, 0.05) is 24.2 Å². The fourth-order valence-corrected chi connectivity index (χ4v) is 2.28. The van der Waals surface area contributed by atoms with Gasteiger partial charge < -0.3 is 5.32 Å². The summed E-state index contributed by atoms with van der Waals surface area (Å²) in [5.41, 5.74) is 1.14. The van der Waals surface area contributed by atoms with Crippen LogP contribution >= 0.6 is 11.3 Å². The molecule has 1 N–H and O–H groups in total. The van der Waals surface area contributed by atoms with Gasteiger partial charge in [-0.1, -0.05) is 19.1 Å². The third-order valence-corrected chi connectivity index (χ3v) is 3.15. The lowest BCUT2D eigenvalue weighted by Gasteiger charge is -1.94. The van der Waals surface area contributed by atoms with Crippen molar-refractivity contribution < 1.29 is 0 Å². The van der Waals surface area contributed by atoms with Gasteiger partial charge in [0.2, 0.25) is 0 Å². The number of nitrogens with zero attached hydrogens (tertiary/aromatic N) is 2. The monoisotopic (exact) mass is 235 g/mol. The third-order valence-electron chi connectivity index (χ3n) is 2.37. The number of hydrogen-bond acceptors (Lipinski definition) is 3. The maximum Gasteiger partial charge on any atom is 0.193 e. The van der Waals surface area contributed by atoms with Crippen LogP contribution in [-0.4, -0.2) is 22.5 Å². The van der Waals surface area contributed by atoms with Gasteiger partial charge in [0.05, 0.1) is 5.69 Å². The summed E-state index contributed by atoms with van der Waals surface area (Å²) in [6, 6.07) is 0. The molecule has 0 bridgehead atoms. The molecule has 4 heteroatoms. The number of rotatable bonds is 6. The van der Waals surface area contributed by atoms with E-state index in [1.165, 1.54) is 0 Å². The molecule has 2 aromatic rings. The van der Waals surface area contributed by atoms with Gasteiger partial charge in [0.15, 0.2) is 4.96 Å². The van der Waals surface area contributed by atoms with E-state index < -0.39 is 0 Å². The lowest BCUT2D eigenvalue weighted by Crippen LogP contribution is -2.12. The molecular formula is C12H17N3S. The Morgan fingerprint density at radius 1 is 1.50 bits per heavy atom. The number of fused-ring (bicyclic) bond motifs is 1. The van der Waals surface area contributed by atoms with Gasteiger partial charge in [-0.15, -0.1) is 11.3 Å². The van der Waals surface area contributed by atoms with E-state index in [1.807, 2.05) is 6.20 Å². The smallest absolute Gasteiger partial charge is 0.193 e. The van der Waals surface area contributed by atoms with Gasteiger partial charge in [-0.2, -0.15) is 0 Å². The van der Waals surface area contributed by atoms with E-state index in [4.69, 9.17) is 0 Å². The van der Waals surface area contributed by atoms with Crippen LogP contribution in [0.2, 0.25) is 0 Å². The summed E-state index contributed by atoms with van der Waals surface area (Å²) in [7, 11) is 0. The second-order valence-corrected chi connectivity index (χ2v) is 4.52. The van der Waals surface area contributed by atoms with Gasteiger partial charge >= 0.3 is 0 Å². The Kier molecular flexibility index (Phi) is 4.13. The highest BCUT2D eigenvalue weighted by atomic mass is 32.1. The van der Waals surface area contributed by atoms with E-state index >= 15 is 0 Å². The minimum atomic E-state index is 0.931. The van der Waals surface area contributed by atoms with Crippen molar-refractivity contribution in [2.75, 3.05) is 13.1 Å². The molecule has 0 spiro atoms. The van der Waals surface area contributed by atoms with E-state index in [0.29, 0.717) is 0 Å². The summed E-state index contributed by atoms with van der Waals surface area (Å²) in [5, 5.41) is 5.35. The summed E-state index contributed by atoms with van der Waals surface area (Å²) < 4.78 is 2.08. The highest BCUT2D eigenvalue weighted by Gasteiger charge is 1.99. The number of hydrogen-bond donors (Lipinski definition) is 1. The largest absolute Gasteiger partial charge is 0.317 e. The Balaban J connectivity index is 1.79. The Hall–Kier alpha value is -1.13. The highest BCUT2D eigenvalue weighted by molar-refractivity contribution is 7.15. The molecule has 86 valence electrons. The molecular weight excluding hydrogens is 218 g/mol. The zero-order valence-electron chi connectivity index (χ0n) is 9.52. The van der Waals surface area contributed by atoms with Gasteiger partial charge in [-0.25, -0.2) is 4.98 Å². The summed E-state index contributed by atoms with van der Waals surface area (Å²) >= 11 is 1.68. The molecule has 0 amide bonds. The first-order chi connectivity index (χ1) is 7.90. The Morgan fingerprint density at radius 2 is 2.44 bits per heavy atom. The Bertz CT molecular complexity index is 427. The molecule has 2 heterocycles. The third kappa shape index (κ3) is 2.93. The van der Waals surface area contributed by atoms with E-state index in [0.717, 1.165) is 36.6 Å². The van der Waals surface area contributed by atoms with Gasteiger partial charge in [0.1, 0.15) is 0 Å². The zero-order chi connectivity index (χ0) is 11.2. The fraction of sp³-hybridized carbons (Fsp3) is 0.417. The van der Waals surface area contributed by atoms with Crippen LogP contribution in [0.5, 0.6) is 0 Å². The molecule has 0 aliphatic carbocycles. The molecule has 0 unspecified atom stereocenters. The van der Waals surface area contributed by atoms with Crippen molar-refractivity contribution >= 4 is 16.3 Å². The van der Waals surface area contributed by atoms with Crippen LogP contribution in [0.3, 0.4) is 0 Å². The van der Waals surface area contributed by atoms with Gasteiger partial charge in [-0.3, -0.25) is 4.40 Å². The zero-order valence-corrected chi connectivity index (χ0v) is 10.3. The average Bonchev–Trinajstić information content (AvgIpc) is 2.83. The quantitative estimate of drug-likeness (QED) is 0.616. The van der Waals surface area contributed by atoms with E-state index in [9.17, 15) is 0 Å². The Morgan fingerprint density at radius 3 is 3.25 bits per heavy atom. The molecule has 0 aliphatic heterocycles. The van der Waals surface area contributed by atoms with Gasteiger partial charge in [0.25, 0.3) is 0 Å². The number of thiazole rings is 1. The minimum Gasteiger partial charge on any atom is -0.317 e. The predicted molar refractivity (Wildman–Crippen MR) is 69.1 cm³/mol. The van der Waals surface area contributed by atoms with Crippen molar-refractivity contribution in [1.82, 2.24) is 14.7 Å². The van der Waals surface area contributed by atoms with Crippen molar-refractivity contribution in [2.45, 2.75) is 19.8 Å². The SMILES string of the molecule is CCNCC/C=C/Cc1cn2ccsc2n1. The first kappa shape index (κ1) is 11.4. The molecule has 3 nitrogen and oxygen atoms in total. The number of imidazole rings is 1. The van der Waals surface area contributed by atoms with Crippen molar-refractivity contribution in [2.24, 2.45) is 0 Å². The maximum atomic E-state index is 4.52. The van der Waals surface area contributed by atoms with Crippen LogP contribution < -0.4 is 5.32 Å². The Labute approximate surface area is 99.8 Å². The molecule has 0 aliphatic rings. The van der Waals surface area contributed by atoms with Crippen LogP contribution in [0, 0.1) is 0 Å². The fourth-order valence-electron chi connectivity index (χ4n) is 1.56. The molecule has 2 aromatic heterocycles. The molecule has 0 saturated carbocycles. The summed E-state index contributed by atoms with van der Waals surface area (Å²) in [6.07, 6.45) is 10.6. The first-order valence-electron chi connectivity index (χ1n) is 5.67. The summed E-state index contributed by atoms with van der Waals surface area (Å²) in [6.45, 7) is 4.23. The topological polar surface area (TPSA) is 29.3 Å². The van der Waals surface area contributed by atoms with Crippen LogP contribution in [0.4, 0.5) is 0 Å². The number of aromatic nitrogens is 2. The predicted octanol–water partition coefficient (Wildman–Crippen LogP) is 2.49. The molecule has 2 rings (SSSR count). The summed E-state index contributed by atoms with van der Waals surface area (Å²) in [4.78, 5) is 5.60. The van der Waals surface area contributed by atoms with Crippen molar-refractivity contribution in [3.63, 3.8) is 0 Å². The van der Waals surface area contributed by atoms with Crippen LogP contribution in [0.15, 0.2) is 29.9 Å². The minimum absolute atomic E-state index is 0.931.